The number of hydrogen-bond donors (Lipinski definition) is 3. The third-order valence-electron chi connectivity index (χ3n) is 6.16. The summed E-state index contributed by atoms with van der Waals surface area (Å²) in [5.74, 6) is -2.29. The fourth-order valence-electron chi connectivity index (χ4n) is 4.49. The topological polar surface area (TPSA) is 148 Å². The van der Waals surface area contributed by atoms with Crippen molar-refractivity contribution in [3.05, 3.63) is 89.0 Å². The first-order valence-electron chi connectivity index (χ1n) is 11.6. The van der Waals surface area contributed by atoms with Gasteiger partial charge in [0, 0.05) is 12.3 Å². The van der Waals surface area contributed by atoms with Crippen LogP contribution in [0.15, 0.2) is 66.7 Å². The van der Waals surface area contributed by atoms with Crippen molar-refractivity contribution < 1.29 is 37.4 Å². The number of fused-ring (bicyclic) bond motifs is 3. The lowest BCUT2D eigenvalue weighted by atomic mass is 9.98. The van der Waals surface area contributed by atoms with Crippen LogP contribution in [-0.4, -0.2) is 57.5 Å². The van der Waals surface area contributed by atoms with Gasteiger partial charge in [-0.3, -0.25) is 4.79 Å². The largest absolute Gasteiger partial charge is 0.496 e. The van der Waals surface area contributed by atoms with E-state index in [1.807, 2.05) is 53.3 Å². The molecule has 3 aromatic rings. The van der Waals surface area contributed by atoms with Crippen molar-refractivity contribution in [3.63, 3.8) is 0 Å². The van der Waals surface area contributed by atoms with E-state index >= 15 is 0 Å². The molecule has 0 spiro atoms. The third-order valence-corrected chi connectivity index (χ3v) is 6.72. The third kappa shape index (κ3) is 5.94. The first-order chi connectivity index (χ1) is 18.1. The van der Waals surface area contributed by atoms with Gasteiger partial charge in [0.2, 0.25) is 10.0 Å². The Balaban J connectivity index is 1.43. The lowest BCUT2D eigenvalue weighted by Crippen LogP contribution is -2.43. The van der Waals surface area contributed by atoms with E-state index in [1.54, 1.807) is 0 Å². The summed E-state index contributed by atoms with van der Waals surface area (Å²) in [6, 6.07) is 18.6. The molecule has 0 aliphatic heterocycles. The molecule has 11 heteroatoms. The smallest absolute Gasteiger partial charge is 0.407 e. The highest BCUT2D eigenvalue weighted by molar-refractivity contribution is 7.89. The van der Waals surface area contributed by atoms with Gasteiger partial charge in [-0.1, -0.05) is 54.6 Å². The Morgan fingerprint density at radius 2 is 1.58 bits per heavy atom. The fraction of sp³-hybridized carbons (Fsp3) is 0.222. The van der Waals surface area contributed by atoms with E-state index in [4.69, 9.17) is 9.47 Å². The van der Waals surface area contributed by atoms with Crippen molar-refractivity contribution in [2.75, 3.05) is 20.0 Å². The molecule has 0 heterocycles. The van der Waals surface area contributed by atoms with E-state index in [9.17, 15) is 27.9 Å². The zero-order valence-electron chi connectivity index (χ0n) is 20.6. The molecular formula is C27H26N2O8S. The molecule has 0 bridgehead atoms. The summed E-state index contributed by atoms with van der Waals surface area (Å²) >= 11 is 0. The van der Waals surface area contributed by atoms with Gasteiger partial charge in [-0.25, -0.2) is 22.7 Å². The molecule has 1 atom stereocenters. The highest BCUT2D eigenvalue weighted by Gasteiger charge is 2.30. The molecule has 0 saturated heterocycles. The maximum atomic E-state index is 12.6. The highest BCUT2D eigenvalue weighted by atomic mass is 32.2. The van der Waals surface area contributed by atoms with E-state index in [0.29, 0.717) is 5.56 Å². The SMILES string of the molecule is COc1cc(CC(NC(=O)OCC2c3ccccc3-c3ccccc32)C(=O)O)ccc1C(=O)NS(C)(=O)=O. The van der Waals surface area contributed by atoms with Crippen LogP contribution in [0.4, 0.5) is 4.79 Å². The molecule has 1 aliphatic rings. The van der Waals surface area contributed by atoms with Crippen molar-refractivity contribution in [2.45, 2.75) is 18.4 Å². The van der Waals surface area contributed by atoms with E-state index in [0.717, 1.165) is 28.5 Å². The van der Waals surface area contributed by atoms with Crippen molar-refractivity contribution in [3.8, 4) is 16.9 Å². The molecule has 1 aliphatic carbocycles. The second-order valence-corrected chi connectivity index (χ2v) is 10.6. The minimum atomic E-state index is -3.79. The number of aliphatic carboxylic acids is 1. The number of ether oxygens (including phenoxy) is 2. The summed E-state index contributed by atoms with van der Waals surface area (Å²) in [6.07, 6.45) is -0.169. The lowest BCUT2D eigenvalue weighted by molar-refractivity contribution is -0.139. The lowest BCUT2D eigenvalue weighted by Gasteiger charge is -2.18. The van der Waals surface area contributed by atoms with E-state index < -0.39 is 34.0 Å². The average molecular weight is 539 g/mol. The monoisotopic (exact) mass is 538 g/mol. The number of alkyl carbamates (subject to hydrolysis) is 1. The van der Waals surface area contributed by atoms with Gasteiger partial charge in [0.25, 0.3) is 5.91 Å². The Bertz CT molecular complexity index is 1460. The normalized spacial score (nSPS) is 13.1. The van der Waals surface area contributed by atoms with Gasteiger partial charge in [0.15, 0.2) is 0 Å². The molecule has 0 aromatic heterocycles. The van der Waals surface area contributed by atoms with Gasteiger partial charge in [-0.2, -0.15) is 0 Å². The highest BCUT2D eigenvalue weighted by Crippen LogP contribution is 2.44. The van der Waals surface area contributed by atoms with Gasteiger partial charge in [0.1, 0.15) is 18.4 Å². The fourth-order valence-corrected chi connectivity index (χ4v) is 4.94. The average Bonchev–Trinajstić information content (AvgIpc) is 3.19. The second kappa shape index (κ2) is 10.9. The number of benzene rings is 3. The molecule has 0 fully saturated rings. The molecule has 1 unspecified atom stereocenters. The quantitative estimate of drug-likeness (QED) is 0.377. The van der Waals surface area contributed by atoms with E-state index in [2.05, 4.69) is 5.32 Å². The van der Waals surface area contributed by atoms with Crippen LogP contribution in [0.25, 0.3) is 11.1 Å². The summed E-state index contributed by atoms with van der Waals surface area (Å²) in [7, 11) is -2.50. The summed E-state index contributed by atoms with van der Waals surface area (Å²) < 4.78 is 35.2. The number of rotatable bonds is 9. The number of nitrogens with one attached hydrogen (secondary N) is 2. The molecule has 4 rings (SSSR count). The predicted octanol–water partition coefficient (Wildman–Crippen LogP) is 2.92. The van der Waals surface area contributed by atoms with Gasteiger partial charge >= 0.3 is 12.1 Å². The summed E-state index contributed by atoms with van der Waals surface area (Å²) in [5.41, 5.74) is 4.60. The van der Waals surface area contributed by atoms with E-state index in [-0.39, 0.29) is 30.3 Å². The number of carbonyl (C=O) groups is 3. The van der Waals surface area contributed by atoms with Gasteiger partial charge in [0.05, 0.1) is 18.9 Å². The van der Waals surface area contributed by atoms with Crippen molar-refractivity contribution in [2.24, 2.45) is 0 Å². The number of methoxy groups -OCH3 is 1. The predicted molar refractivity (Wildman–Crippen MR) is 139 cm³/mol. The first-order valence-corrected chi connectivity index (χ1v) is 13.5. The second-order valence-electron chi connectivity index (χ2n) is 8.80. The van der Waals surface area contributed by atoms with Crippen molar-refractivity contribution in [1.82, 2.24) is 10.0 Å². The van der Waals surface area contributed by atoms with Crippen molar-refractivity contribution in [1.29, 1.82) is 0 Å². The number of carbonyl (C=O) groups excluding carboxylic acids is 2. The van der Waals surface area contributed by atoms with Crippen LogP contribution in [0.1, 0.15) is 33.0 Å². The molecule has 198 valence electrons. The maximum Gasteiger partial charge on any atom is 0.407 e. The van der Waals surface area contributed by atoms with Crippen molar-refractivity contribution >= 4 is 28.0 Å². The van der Waals surface area contributed by atoms with E-state index in [1.165, 1.54) is 25.3 Å². The van der Waals surface area contributed by atoms with Gasteiger partial charge < -0.3 is 19.9 Å². The number of sulfonamides is 1. The van der Waals surface area contributed by atoms with Gasteiger partial charge in [-0.05, 0) is 39.9 Å². The Morgan fingerprint density at radius 3 is 2.13 bits per heavy atom. The number of carboxylic acid groups (broad SMARTS) is 1. The molecule has 3 N–H and O–H groups in total. The maximum absolute atomic E-state index is 12.6. The van der Waals surface area contributed by atoms with Crippen LogP contribution in [0, 0.1) is 0 Å². The summed E-state index contributed by atoms with van der Waals surface area (Å²) in [4.78, 5) is 36.7. The zero-order valence-corrected chi connectivity index (χ0v) is 21.4. The molecule has 0 saturated carbocycles. The molecule has 0 radical (unpaired) electrons. The van der Waals surface area contributed by atoms with Crippen LogP contribution in [0.2, 0.25) is 0 Å². The minimum Gasteiger partial charge on any atom is -0.496 e. The van der Waals surface area contributed by atoms with Crippen LogP contribution in [-0.2, 0) is 26.0 Å². The Morgan fingerprint density at radius 1 is 0.974 bits per heavy atom. The zero-order chi connectivity index (χ0) is 27.4. The molecule has 2 amide bonds. The Labute approximate surface area is 219 Å². The molecule has 10 nitrogen and oxygen atoms in total. The van der Waals surface area contributed by atoms with Crippen LogP contribution >= 0.6 is 0 Å². The van der Waals surface area contributed by atoms with Gasteiger partial charge in [-0.15, -0.1) is 0 Å². The Hall–Kier alpha value is -4.38. The molecule has 3 aromatic carbocycles. The van der Waals surface area contributed by atoms with Crippen LogP contribution < -0.4 is 14.8 Å². The van der Waals surface area contributed by atoms with Crippen LogP contribution in [0.5, 0.6) is 5.75 Å². The number of hydrogen-bond acceptors (Lipinski definition) is 7. The minimum absolute atomic E-state index is 0.0319. The standard InChI is InChI=1S/C27H26N2O8S/c1-36-24-14-16(11-12-21(24)25(30)29-38(2,34)35)13-23(26(31)32)28-27(33)37-15-22-19-9-5-3-7-17(19)18-8-4-6-10-20(18)22/h3-12,14,22-23H,13,15H2,1-2H3,(H,28,33)(H,29,30)(H,31,32). The summed E-state index contributed by atoms with van der Waals surface area (Å²) in [5, 5.41) is 12.1. The van der Waals surface area contributed by atoms with Crippen LogP contribution in [0.3, 0.4) is 0 Å². The first kappa shape index (κ1) is 26.7. The number of carboxylic acids is 1. The molecular weight excluding hydrogens is 512 g/mol. The number of amides is 2. The summed E-state index contributed by atoms with van der Waals surface area (Å²) in [6.45, 7) is 0.0319. The molecule has 38 heavy (non-hydrogen) atoms. The Kier molecular flexibility index (Phi) is 7.67.